The Bertz CT molecular complexity index is 417. The molecule has 0 unspecified atom stereocenters. The summed E-state index contributed by atoms with van der Waals surface area (Å²) in [6, 6.07) is 6.01. The van der Waals surface area contributed by atoms with Crippen molar-refractivity contribution in [2.45, 2.75) is 44.2 Å². The summed E-state index contributed by atoms with van der Waals surface area (Å²) in [6.07, 6.45) is 5.35. The van der Waals surface area contributed by atoms with Gasteiger partial charge in [-0.15, -0.1) is 0 Å². The smallest absolute Gasteiger partial charge is 0.137 e. The Morgan fingerprint density at radius 2 is 2.05 bits per heavy atom. The van der Waals surface area contributed by atoms with E-state index < -0.39 is 5.60 Å². The van der Waals surface area contributed by atoms with Crippen molar-refractivity contribution in [2.75, 3.05) is 13.7 Å². The summed E-state index contributed by atoms with van der Waals surface area (Å²) >= 11 is 3.48. The summed E-state index contributed by atoms with van der Waals surface area (Å²) in [6.45, 7) is 1.37. The quantitative estimate of drug-likeness (QED) is 0.872. The summed E-state index contributed by atoms with van der Waals surface area (Å²) in [4.78, 5) is 0. The third-order valence-electron chi connectivity index (χ3n) is 3.81. The number of rotatable bonds is 5. The van der Waals surface area contributed by atoms with Gasteiger partial charge in [0.2, 0.25) is 0 Å². The van der Waals surface area contributed by atoms with Crippen molar-refractivity contribution in [3.05, 3.63) is 28.2 Å². The Kier molecular flexibility index (Phi) is 5.25. The first-order valence-electron chi connectivity index (χ1n) is 6.89. The number of hydrogen-bond donors (Lipinski definition) is 2. The molecule has 2 N–H and O–H groups in total. The maximum Gasteiger partial charge on any atom is 0.137 e. The molecule has 106 valence electrons. The minimum Gasteiger partial charge on any atom is -0.495 e. The monoisotopic (exact) mass is 327 g/mol. The molecule has 4 heteroatoms. The van der Waals surface area contributed by atoms with Crippen LogP contribution in [-0.2, 0) is 6.54 Å². The molecule has 1 aromatic carbocycles. The second-order valence-electron chi connectivity index (χ2n) is 5.32. The van der Waals surface area contributed by atoms with Gasteiger partial charge in [0.25, 0.3) is 0 Å². The first-order valence-corrected chi connectivity index (χ1v) is 7.68. The van der Waals surface area contributed by atoms with Crippen molar-refractivity contribution in [3.8, 4) is 5.75 Å². The molecular formula is C15H22BrNO2. The highest BCUT2D eigenvalue weighted by Gasteiger charge is 2.28. The van der Waals surface area contributed by atoms with Gasteiger partial charge in [-0.2, -0.15) is 0 Å². The average molecular weight is 328 g/mol. The van der Waals surface area contributed by atoms with Crippen LogP contribution in [0.4, 0.5) is 0 Å². The van der Waals surface area contributed by atoms with Crippen molar-refractivity contribution in [3.63, 3.8) is 0 Å². The van der Waals surface area contributed by atoms with E-state index in [1.807, 2.05) is 18.2 Å². The van der Waals surface area contributed by atoms with Gasteiger partial charge in [0.05, 0.1) is 17.2 Å². The lowest BCUT2D eigenvalue weighted by Crippen LogP contribution is -2.41. The van der Waals surface area contributed by atoms with Crippen molar-refractivity contribution in [2.24, 2.45) is 0 Å². The molecule has 1 fully saturated rings. The normalized spacial score (nSPS) is 18.3. The highest BCUT2D eigenvalue weighted by molar-refractivity contribution is 9.10. The molecule has 1 saturated carbocycles. The highest BCUT2D eigenvalue weighted by atomic mass is 79.9. The van der Waals surface area contributed by atoms with E-state index in [1.54, 1.807) is 7.11 Å². The standard InChI is InChI=1S/C15H22BrNO2/c1-19-14-12(6-5-7-13(14)16)10-17-11-15(18)8-3-2-4-9-15/h5-7,17-18H,2-4,8-11H2,1H3. The van der Waals surface area contributed by atoms with Gasteiger partial charge in [0, 0.05) is 18.7 Å². The second-order valence-corrected chi connectivity index (χ2v) is 6.18. The molecule has 0 heterocycles. The Hall–Kier alpha value is -0.580. The van der Waals surface area contributed by atoms with Gasteiger partial charge in [-0.05, 0) is 34.8 Å². The molecule has 1 aliphatic carbocycles. The molecule has 0 spiro atoms. The molecule has 0 radical (unpaired) electrons. The largest absolute Gasteiger partial charge is 0.495 e. The summed E-state index contributed by atoms with van der Waals surface area (Å²) in [5.74, 6) is 0.866. The van der Waals surface area contributed by atoms with E-state index in [2.05, 4.69) is 21.2 Å². The van der Waals surface area contributed by atoms with E-state index in [0.29, 0.717) is 13.1 Å². The minimum absolute atomic E-state index is 0.516. The first-order chi connectivity index (χ1) is 9.14. The Labute approximate surface area is 123 Å². The predicted octanol–water partition coefficient (Wildman–Crippen LogP) is 3.24. The molecule has 2 rings (SSSR count). The number of hydrogen-bond acceptors (Lipinski definition) is 3. The van der Waals surface area contributed by atoms with Crippen molar-refractivity contribution < 1.29 is 9.84 Å². The average Bonchev–Trinajstić information content (AvgIpc) is 2.39. The second kappa shape index (κ2) is 6.73. The molecular weight excluding hydrogens is 306 g/mol. The summed E-state index contributed by atoms with van der Waals surface area (Å²) in [5, 5.41) is 13.8. The summed E-state index contributed by atoms with van der Waals surface area (Å²) in [7, 11) is 1.68. The zero-order valence-corrected chi connectivity index (χ0v) is 13.0. The third-order valence-corrected chi connectivity index (χ3v) is 4.43. The van der Waals surface area contributed by atoms with E-state index in [4.69, 9.17) is 4.74 Å². The highest BCUT2D eigenvalue weighted by Crippen LogP contribution is 2.30. The van der Waals surface area contributed by atoms with E-state index >= 15 is 0 Å². The lowest BCUT2D eigenvalue weighted by atomic mass is 9.85. The molecule has 19 heavy (non-hydrogen) atoms. The van der Waals surface area contributed by atoms with Crippen LogP contribution < -0.4 is 10.1 Å². The van der Waals surface area contributed by atoms with Gasteiger partial charge in [-0.25, -0.2) is 0 Å². The molecule has 0 aliphatic heterocycles. The van der Waals surface area contributed by atoms with Crippen molar-refractivity contribution in [1.82, 2.24) is 5.32 Å². The van der Waals surface area contributed by atoms with E-state index in [1.165, 1.54) is 6.42 Å². The Morgan fingerprint density at radius 1 is 1.32 bits per heavy atom. The van der Waals surface area contributed by atoms with Gasteiger partial charge in [0.1, 0.15) is 5.75 Å². The molecule has 0 saturated heterocycles. The van der Waals surface area contributed by atoms with Crippen LogP contribution >= 0.6 is 15.9 Å². The molecule has 0 atom stereocenters. The Balaban J connectivity index is 1.90. The SMILES string of the molecule is COc1c(Br)cccc1CNCC1(O)CCCCC1. The summed E-state index contributed by atoms with van der Waals surface area (Å²) in [5.41, 5.74) is 0.591. The number of halogens is 1. The van der Waals surface area contributed by atoms with Crippen LogP contribution in [0.3, 0.4) is 0 Å². The molecule has 3 nitrogen and oxygen atoms in total. The number of para-hydroxylation sites is 1. The fourth-order valence-electron chi connectivity index (χ4n) is 2.74. The zero-order valence-electron chi connectivity index (χ0n) is 11.4. The Morgan fingerprint density at radius 3 is 2.74 bits per heavy atom. The minimum atomic E-state index is -0.516. The number of ether oxygens (including phenoxy) is 1. The van der Waals surface area contributed by atoms with Gasteiger partial charge >= 0.3 is 0 Å². The van der Waals surface area contributed by atoms with Crippen LogP contribution in [0.15, 0.2) is 22.7 Å². The van der Waals surface area contributed by atoms with E-state index in [-0.39, 0.29) is 0 Å². The first kappa shape index (κ1) is 14.8. The maximum atomic E-state index is 10.4. The lowest BCUT2D eigenvalue weighted by Gasteiger charge is -2.32. The fraction of sp³-hybridized carbons (Fsp3) is 0.600. The van der Waals surface area contributed by atoms with Crippen LogP contribution in [0.25, 0.3) is 0 Å². The maximum absolute atomic E-state index is 10.4. The molecule has 1 aliphatic rings. The molecule has 0 aromatic heterocycles. The van der Waals surface area contributed by atoms with Gasteiger partial charge < -0.3 is 15.2 Å². The number of nitrogens with one attached hydrogen (secondary N) is 1. The van der Waals surface area contributed by atoms with Gasteiger partial charge in [-0.3, -0.25) is 0 Å². The molecule has 1 aromatic rings. The molecule has 0 amide bonds. The van der Waals surface area contributed by atoms with Crippen LogP contribution in [-0.4, -0.2) is 24.4 Å². The number of aliphatic hydroxyl groups is 1. The van der Waals surface area contributed by atoms with Crippen LogP contribution in [0, 0.1) is 0 Å². The van der Waals surface area contributed by atoms with E-state index in [0.717, 1.165) is 41.5 Å². The lowest BCUT2D eigenvalue weighted by molar-refractivity contribution is 0.00464. The number of methoxy groups -OCH3 is 1. The third kappa shape index (κ3) is 3.94. The van der Waals surface area contributed by atoms with Gasteiger partial charge in [-0.1, -0.05) is 31.4 Å². The fourth-order valence-corrected chi connectivity index (χ4v) is 3.31. The van der Waals surface area contributed by atoms with Crippen LogP contribution in [0.2, 0.25) is 0 Å². The summed E-state index contributed by atoms with van der Waals surface area (Å²) < 4.78 is 6.36. The predicted molar refractivity (Wildman–Crippen MR) is 80.4 cm³/mol. The topological polar surface area (TPSA) is 41.5 Å². The van der Waals surface area contributed by atoms with Gasteiger partial charge in [0.15, 0.2) is 0 Å². The van der Waals surface area contributed by atoms with Crippen LogP contribution in [0.1, 0.15) is 37.7 Å². The van der Waals surface area contributed by atoms with Crippen LogP contribution in [0.5, 0.6) is 5.75 Å². The van der Waals surface area contributed by atoms with Crippen molar-refractivity contribution in [1.29, 1.82) is 0 Å². The number of benzene rings is 1. The zero-order chi connectivity index (χ0) is 13.7. The molecule has 0 bridgehead atoms. The van der Waals surface area contributed by atoms with Crippen molar-refractivity contribution >= 4 is 15.9 Å². The van der Waals surface area contributed by atoms with E-state index in [9.17, 15) is 5.11 Å².